The second-order valence-corrected chi connectivity index (χ2v) is 20.8. The molecule has 6 N–H and O–H groups in total. The zero-order chi connectivity index (χ0) is 48.7. The third kappa shape index (κ3) is 38.3. The predicted molar refractivity (Wildman–Crippen MR) is 281 cm³/mol. The molecule has 0 aliphatic carbocycles. The van der Waals surface area contributed by atoms with E-state index in [0.717, 1.165) is 38.5 Å². The van der Waals surface area contributed by atoms with Gasteiger partial charge in [0, 0.05) is 6.42 Å². The Labute approximate surface area is 414 Å². The van der Waals surface area contributed by atoms with Gasteiger partial charge in [-0.05, 0) is 19.3 Å². The lowest BCUT2D eigenvalue weighted by Gasteiger charge is -2.40. The number of hydrogen-bond donors (Lipinski definition) is 6. The molecular formula is C58H113NO8. The fourth-order valence-corrected chi connectivity index (χ4v) is 9.69. The van der Waals surface area contributed by atoms with Crippen LogP contribution < -0.4 is 5.32 Å². The van der Waals surface area contributed by atoms with Gasteiger partial charge in [-0.25, -0.2) is 0 Å². The largest absolute Gasteiger partial charge is 0.394 e. The summed E-state index contributed by atoms with van der Waals surface area (Å²) in [5, 5.41) is 54.2. The lowest BCUT2D eigenvalue weighted by Crippen LogP contribution is -2.60. The number of nitrogens with one attached hydrogen (secondary N) is 1. The molecule has 0 aromatic carbocycles. The van der Waals surface area contributed by atoms with E-state index in [0.29, 0.717) is 6.42 Å². The maximum absolute atomic E-state index is 13.0. The zero-order valence-corrected chi connectivity index (χ0v) is 44.2. The number of aliphatic hydroxyl groups excluding tert-OH is 5. The first-order chi connectivity index (χ1) is 32.8. The molecular weight excluding hydrogens is 839 g/mol. The average molecular weight is 953 g/mol. The quantitative estimate of drug-likeness (QED) is 0.0261. The SMILES string of the molecule is CCCCCCCCC/C=C/[C@@H](O)[C@H](CO[C@@H]1O[C@H](CO)[C@@H](O)C(O)C1O)NC(=O)CCCCCCCCCCCCCCCCCCCCCCCCCCCCCCCCCCCCC. The van der Waals surface area contributed by atoms with Crippen LogP contribution in [0.4, 0.5) is 0 Å². The molecule has 1 heterocycles. The molecule has 0 bridgehead atoms. The zero-order valence-electron chi connectivity index (χ0n) is 44.2. The Balaban J connectivity index is 2.01. The van der Waals surface area contributed by atoms with Crippen molar-refractivity contribution in [2.24, 2.45) is 0 Å². The van der Waals surface area contributed by atoms with Crippen LogP contribution in [0.15, 0.2) is 12.2 Å². The van der Waals surface area contributed by atoms with Gasteiger partial charge in [-0.1, -0.05) is 283 Å². The van der Waals surface area contributed by atoms with E-state index >= 15 is 0 Å². The lowest BCUT2D eigenvalue weighted by atomic mass is 9.99. The van der Waals surface area contributed by atoms with E-state index in [-0.39, 0.29) is 12.5 Å². The minimum Gasteiger partial charge on any atom is -0.394 e. The van der Waals surface area contributed by atoms with Crippen LogP contribution >= 0.6 is 0 Å². The molecule has 1 rings (SSSR count). The van der Waals surface area contributed by atoms with Gasteiger partial charge >= 0.3 is 0 Å². The maximum atomic E-state index is 13.0. The summed E-state index contributed by atoms with van der Waals surface area (Å²) in [6, 6.07) is -0.798. The summed E-state index contributed by atoms with van der Waals surface area (Å²) < 4.78 is 11.2. The molecule has 0 aromatic heterocycles. The number of aliphatic hydroxyl groups is 5. The number of ether oxygens (including phenoxy) is 2. The number of rotatable bonds is 51. The molecule has 9 heteroatoms. The standard InChI is InChI=1S/C58H113NO8/c1-3-5-7-9-11-13-14-15-16-17-18-19-20-21-22-23-24-25-26-27-28-29-30-31-32-33-34-35-36-37-38-40-42-44-46-48-54(62)59-51(52(61)47-45-43-41-39-12-10-8-6-4-2)50-66-58-57(65)56(64)55(63)53(49-60)67-58/h45,47,51-53,55-58,60-61,63-65H,3-44,46,48-50H2,1-2H3,(H,59,62)/b47-45+/t51-,52+,53+,55+,56?,57?,58+/m0/s1. The average Bonchev–Trinajstić information content (AvgIpc) is 3.33. The molecule has 1 fully saturated rings. The highest BCUT2D eigenvalue weighted by molar-refractivity contribution is 5.76. The van der Waals surface area contributed by atoms with Crippen molar-refractivity contribution in [3.63, 3.8) is 0 Å². The van der Waals surface area contributed by atoms with Crippen molar-refractivity contribution in [1.29, 1.82) is 0 Å². The normalized spacial score (nSPS) is 19.7. The Bertz CT molecular complexity index is 1060. The molecule has 1 aliphatic heterocycles. The summed E-state index contributed by atoms with van der Waals surface area (Å²) in [7, 11) is 0. The van der Waals surface area contributed by atoms with Crippen LogP contribution in [0.25, 0.3) is 0 Å². The maximum Gasteiger partial charge on any atom is 0.220 e. The van der Waals surface area contributed by atoms with Crippen molar-refractivity contribution in [1.82, 2.24) is 5.32 Å². The monoisotopic (exact) mass is 952 g/mol. The van der Waals surface area contributed by atoms with E-state index in [9.17, 15) is 30.3 Å². The number of carbonyl (C=O) groups excluding carboxylic acids is 1. The Hall–Kier alpha value is -1.07. The van der Waals surface area contributed by atoms with Crippen molar-refractivity contribution in [3.8, 4) is 0 Å². The van der Waals surface area contributed by atoms with Crippen LogP contribution in [-0.2, 0) is 14.3 Å². The van der Waals surface area contributed by atoms with Crippen molar-refractivity contribution >= 4 is 5.91 Å². The molecule has 7 atom stereocenters. The van der Waals surface area contributed by atoms with Crippen molar-refractivity contribution in [2.75, 3.05) is 13.2 Å². The summed E-state index contributed by atoms with van der Waals surface area (Å²) in [5.41, 5.74) is 0. The summed E-state index contributed by atoms with van der Waals surface area (Å²) in [5.74, 6) is -0.173. The molecule has 1 amide bonds. The van der Waals surface area contributed by atoms with Crippen LogP contribution in [0.2, 0.25) is 0 Å². The van der Waals surface area contributed by atoms with Gasteiger partial charge < -0.3 is 40.3 Å². The topological polar surface area (TPSA) is 149 Å². The molecule has 2 unspecified atom stereocenters. The van der Waals surface area contributed by atoms with Crippen molar-refractivity contribution in [2.45, 2.75) is 339 Å². The van der Waals surface area contributed by atoms with E-state index in [4.69, 9.17) is 9.47 Å². The van der Waals surface area contributed by atoms with Gasteiger partial charge in [0.15, 0.2) is 6.29 Å². The molecule has 9 nitrogen and oxygen atoms in total. The Morgan fingerprint density at radius 3 is 1.16 bits per heavy atom. The number of allylic oxidation sites excluding steroid dienone is 1. The van der Waals surface area contributed by atoms with Crippen LogP contribution in [0.5, 0.6) is 0 Å². The highest BCUT2D eigenvalue weighted by Crippen LogP contribution is 2.23. The predicted octanol–water partition coefficient (Wildman–Crippen LogP) is 14.4. The summed E-state index contributed by atoms with van der Waals surface area (Å²) in [6.07, 6.45) is 53.3. The molecule has 0 spiro atoms. The van der Waals surface area contributed by atoms with Gasteiger partial charge in [0.05, 0.1) is 25.4 Å². The van der Waals surface area contributed by atoms with Crippen molar-refractivity contribution in [3.05, 3.63) is 12.2 Å². The van der Waals surface area contributed by atoms with Gasteiger partial charge in [-0.15, -0.1) is 0 Å². The van der Waals surface area contributed by atoms with Gasteiger partial charge in [0.25, 0.3) is 0 Å². The van der Waals surface area contributed by atoms with Gasteiger partial charge in [0.1, 0.15) is 24.4 Å². The van der Waals surface area contributed by atoms with E-state index in [1.807, 2.05) is 6.08 Å². The third-order valence-corrected chi connectivity index (χ3v) is 14.4. The summed E-state index contributed by atoms with van der Waals surface area (Å²) in [6.45, 7) is 3.77. The Kier molecular flexibility index (Phi) is 46.3. The first kappa shape index (κ1) is 63.9. The van der Waals surface area contributed by atoms with Gasteiger partial charge in [-0.3, -0.25) is 4.79 Å². The number of amides is 1. The first-order valence-corrected chi connectivity index (χ1v) is 29.4. The molecule has 0 aromatic rings. The third-order valence-electron chi connectivity index (χ3n) is 14.4. The fraction of sp³-hybridized carbons (Fsp3) is 0.948. The first-order valence-electron chi connectivity index (χ1n) is 29.4. The number of carbonyl (C=O) groups is 1. The van der Waals surface area contributed by atoms with Gasteiger partial charge in [0.2, 0.25) is 5.91 Å². The van der Waals surface area contributed by atoms with Crippen LogP contribution in [-0.4, -0.2) is 87.5 Å². The van der Waals surface area contributed by atoms with Crippen LogP contribution in [0.3, 0.4) is 0 Å². The second kappa shape index (κ2) is 48.6. The lowest BCUT2D eigenvalue weighted by molar-refractivity contribution is -0.302. The molecule has 0 saturated carbocycles. The molecule has 0 radical (unpaired) electrons. The minimum atomic E-state index is -1.56. The van der Waals surface area contributed by atoms with Crippen LogP contribution in [0, 0.1) is 0 Å². The van der Waals surface area contributed by atoms with Crippen LogP contribution in [0.1, 0.15) is 296 Å². The number of hydrogen-bond acceptors (Lipinski definition) is 8. The summed E-state index contributed by atoms with van der Waals surface area (Å²) >= 11 is 0. The molecule has 1 aliphatic rings. The molecule has 1 saturated heterocycles. The van der Waals surface area contributed by atoms with E-state index in [2.05, 4.69) is 19.2 Å². The summed E-state index contributed by atoms with van der Waals surface area (Å²) in [4.78, 5) is 13.0. The minimum absolute atomic E-state index is 0.173. The highest BCUT2D eigenvalue weighted by atomic mass is 16.7. The Morgan fingerprint density at radius 2 is 0.821 bits per heavy atom. The molecule has 67 heavy (non-hydrogen) atoms. The van der Waals surface area contributed by atoms with Crippen molar-refractivity contribution < 1.29 is 39.8 Å². The second-order valence-electron chi connectivity index (χ2n) is 20.8. The van der Waals surface area contributed by atoms with Gasteiger partial charge in [-0.2, -0.15) is 0 Å². The van der Waals surface area contributed by atoms with E-state index < -0.39 is 49.5 Å². The van der Waals surface area contributed by atoms with E-state index in [1.54, 1.807) is 6.08 Å². The smallest absolute Gasteiger partial charge is 0.220 e. The Morgan fingerprint density at radius 1 is 0.493 bits per heavy atom. The number of unbranched alkanes of at least 4 members (excludes halogenated alkanes) is 41. The van der Waals surface area contributed by atoms with E-state index in [1.165, 1.54) is 238 Å². The fourth-order valence-electron chi connectivity index (χ4n) is 9.69. The molecule has 398 valence electrons. The highest BCUT2D eigenvalue weighted by Gasteiger charge is 2.44.